The van der Waals surface area contributed by atoms with E-state index in [1.165, 1.54) is 5.56 Å². The second-order valence-corrected chi connectivity index (χ2v) is 6.21. The average molecular weight is 301 g/mol. The van der Waals surface area contributed by atoms with Crippen molar-refractivity contribution in [3.05, 3.63) is 42.0 Å². The molecule has 0 radical (unpaired) electrons. The van der Waals surface area contributed by atoms with E-state index in [1.54, 1.807) is 12.4 Å². The molecule has 118 valence electrons. The number of amides is 1. The second kappa shape index (κ2) is 5.96. The number of likely N-dealkylation sites (tertiary alicyclic amines) is 1. The van der Waals surface area contributed by atoms with Gasteiger partial charge in [0, 0.05) is 38.2 Å². The lowest BCUT2D eigenvalue weighted by atomic mass is 10.0. The van der Waals surface area contributed by atoms with Crippen molar-refractivity contribution < 1.29 is 4.79 Å². The van der Waals surface area contributed by atoms with Crippen LogP contribution in [0.5, 0.6) is 0 Å². The molecule has 0 saturated carbocycles. The van der Waals surface area contributed by atoms with Gasteiger partial charge < -0.3 is 14.8 Å². The van der Waals surface area contributed by atoms with Crippen LogP contribution in [0, 0.1) is 0 Å². The number of aromatic amines is 1. The highest BCUT2D eigenvalue weighted by Crippen LogP contribution is 2.26. The zero-order valence-corrected chi connectivity index (χ0v) is 13.4. The first kappa shape index (κ1) is 14.8. The highest BCUT2D eigenvalue weighted by Gasteiger charge is 2.38. The zero-order chi connectivity index (χ0) is 15.7. The molecule has 1 amide bonds. The minimum Gasteiger partial charge on any atom is -0.367 e. The van der Waals surface area contributed by atoms with Crippen molar-refractivity contribution in [3.63, 3.8) is 0 Å². The number of carbonyl (C=O) groups is 1. The number of aromatic nitrogens is 3. The van der Waals surface area contributed by atoms with Crippen LogP contribution in [0.4, 0.5) is 0 Å². The number of carbonyl (C=O) groups excluding carboxylic acids is 1. The third kappa shape index (κ3) is 2.78. The number of nitrogens with zero attached hydrogens (tertiary/aromatic N) is 4. The number of likely N-dealkylation sites (N-methyl/N-ethyl adjacent to an activating group) is 1. The molecule has 6 heteroatoms. The number of hydrogen-bond acceptors (Lipinski definition) is 3. The number of H-pyrrole nitrogens is 1. The average Bonchev–Trinajstić information content (AvgIpc) is 3.19. The van der Waals surface area contributed by atoms with E-state index in [4.69, 9.17) is 0 Å². The summed E-state index contributed by atoms with van der Waals surface area (Å²) < 4.78 is 1.81. The Balaban J connectivity index is 1.83. The molecule has 3 rings (SSSR count). The zero-order valence-electron chi connectivity index (χ0n) is 13.4. The Kier molecular flexibility index (Phi) is 4.02. The predicted molar refractivity (Wildman–Crippen MR) is 84.6 cm³/mol. The Morgan fingerprint density at radius 2 is 2.32 bits per heavy atom. The maximum atomic E-state index is 12.7. The standard InChI is InChI=1S/C16H23N5O/c1-19(2)14-5-7-21(16(22)13-4-6-17-10-13)15(14)8-12-9-18-20(3)11-12/h4,6,9-11,14-15,17H,5,7-8H2,1-3H3/t14-,15+/m1/s1. The van der Waals surface area contributed by atoms with Crippen molar-refractivity contribution in [1.29, 1.82) is 0 Å². The molecule has 6 nitrogen and oxygen atoms in total. The van der Waals surface area contributed by atoms with Crippen molar-refractivity contribution in [2.75, 3.05) is 20.6 Å². The van der Waals surface area contributed by atoms with E-state index in [-0.39, 0.29) is 11.9 Å². The molecule has 0 aliphatic carbocycles. The summed E-state index contributed by atoms with van der Waals surface area (Å²) in [4.78, 5) is 20.0. The molecule has 1 fully saturated rings. The van der Waals surface area contributed by atoms with E-state index in [2.05, 4.69) is 29.1 Å². The third-order valence-corrected chi connectivity index (χ3v) is 4.48. The molecule has 1 aliphatic rings. The first-order valence-electron chi connectivity index (χ1n) is 7.64. The normalized spacial score (nSPS) is 21.7. The van der Waals surface area contributed by atoms with E-state index >= 15 is 0 Å². The Labute approximate surface area is 130 Å². The molecular formula is C16H23N5O. The van der Waals surface area contributed by atoms with Gasteiger partial charge in [-0.25, -0.2) is 0 Å². The summed E-state index contributed by atoms with van der Waals surface area (Å²) in [6.45, 7) is 0.803. The van der Waals surface area contributed by atoms with E-state index in [0.29, 0.717) is 6.04 Å². The topological polar surface area (TPSA) is 57.2 Å². The van der Waals surface area contributed by atoms with Gasteiger partial charge in [0.25, 0.3) is 5.91 Å². The molecule has 2 atom stereocenters. The van der Waals surface area contributed by atoms with Gasteiger partial charge in [-0.2, -0.15) is 5.10 Å². The smallest absolute Gasteiger partial charge is 0.255 e. The van der Waals surface area contributed by atoms with Gasteiger partial charge in [-0.05, 0) is 38.6 Å². The number of hydrogen-bond donors (Lipinski definition) is 1. The van der Waals surface area contributed by atoms with E-state index in [9.17, 15) is 4.79 Å². The van der Waals surface area contributed by atoms with Crippen LogP contribution in [0.2, 0.25) is 0 Å². The summed E-state index contributed by atoms with van der Waals surface area (Å²) in [5.41, 5.74) is 1.91. The molecule has 1 N–H and O–H groups in total. The van der Waals surface area contributed by atoms with Gasteiger partial charge in [0.05, 0.1) is 17.8 Å². The summed E-state index contributed by atoms with van der Waals surface area (Å²) in [7, 11) is 6.10. The Bertz CT molecular complexity index is 631. The van der Waals surface area contributed by atoms with Crippen LogP contribution in [-0.2, 0) is 13.5 Å². The highest BCUT2D eigenvalue weighted by atomic mass is 16.2. The molecule has 0 bridgehead atoms. The molecule has 2 aromatic heterocycles. The molecule has 0 unspecified atom stereocenters. The largest absolute Gasteiger partial charge is 0.367 e. The highest BCUT2D eigenvalue weighted by molar-refractivity contribution is 5.94. The Hall–Kier alpha value is -2.08. The number of nitrogens with one attached hydrogen (secondary N) is 1. The van der Waals surface area contributed by atoms with Gasteiger partial charge in [-0.15, -0.1) is 0 Å². The van der Waals surface area contributed by atoms with Gasteiger partial charge >= 0.3 is 0 Å². The summed E-state index contributed by atoms with van der Waals surface area (Å²) in [6, 6.07) is 2.40. The fourth-order valence-corrected chi connectivity index (χ4v) is 3.38. The van der Waals surface area contributed by atoms with Gasteiger partial charge in [-0.1, -0.05) is 0 Å². The summed E-state index contributed by atoms with van der Waals surface area (Å²) >= 11 is 0. The lowest BCUT2D eigenvalue weighted by molar-refractivity contribution is 0.0705. The van der Waals surface area contributed by atoms with Crippen LogP contribution < -0.4 is 0 Å². The Morgan fingerprint density at radius 3 is 2.91 bits per heavy atom. The molecule has 1 saturated heterocycles. The fraction of sp³-hybridized carbons (Fsp3) is 0.500. The monoisotopic (exact) mass is 301 g/mol. The van der Waals surface area contributed by atoms with E-state index in [1.807, 2.05) is 35.1 Å². The minimum absolute atomic E-state index is 0.111. The quantitative estimate of drug-likeness (QED) is 0.921. The fourth-order valence-electron chi connectivity index (χ4n) is 3.38. The lowest BCUT2D eigenvalue weighted by Gasteiger charge is -2.31. The maximum absolute atomic E-state index is 12.7. The molecule has 1 aliphatic heterocycles. The van der Waals surface area contributed by atoms with Crippen LogP contribution >= 0.6 is 0 Å². The van der Waals surface area contributed by atoms with Crippen molar-refractivity contribution in [2.24, 2.45) is 7.05 Å². The SMILES string of the molecule is CN(C)[C@@H]1CCN(C(=O)c2cc[nH]c2)[C@H]1Cc1cnn(C)c1. The van der Waals surface area contributed by atoms with Gasteiger partial charge in [0.15, 0.2) is 0 Å². The van der Waals surface area contributed by atoms with Crippen LogP contribution in [0.15, 0.2) is 30.9 Å². The minimum atomic E-state index is 0.111. The predicted octanol–water partition coefficient (Wildman–Crippen LogP) is 1.14. The van der Waals surface area contributed by atoms with Crippen molar-refractivity contribution in [1.82, 2.24) is 24.6 Å². The van der Waals surface area contributed by atoms with Crippen molar-refractivity contribution >= 4 is 5.91 Å². The maximum Gasteiger partial charge on any atom is 0.255 e. The molecule has 22 heavy (non-hydrogen) atoms. The first-order valence-corrected chi connectivity index (χ1v) is 7.64. The van der Waals surface area contributed by atoms with E-state index < -0.39 is 0 Å². The van der Waals surface area contributed by atoms with Crippen LogP contribution in [0.25, 0.3) is 0 Å². The number of rotatable bonds is 4. The lowest BCUT2D eigenvalue weighted by Crippen LogP contribution is -2.45. The molecule has 0 spiro atoms. The molecule has 0 aromatic carbocycles. The van der Waals surface area contributed by atoms with Crippen LogP contribution in [-0.4, -0.2) is 63.2 Å². The van der Waals surface area contributed by atoms with Crippen molar-refractivity contribution in [2.45, 2.75) is 24.9 Å². The van der Waals surface area contributed by atoms with Gasteiger partial charge in [0.2, 0.25) is 0 Å². The summed E-state index contributed by atoms with van der Waals surface area (Å²) in [6.07, 6.45) is 9.34. The number of aryl methyl sites for hydroxylation is 1. The van der Waals surface area contributed by atoms with Crippen LogP contribution in [0.3, 0.4) is 0 Å². The summed E-state index contributed by atoms with van der Waals surface area (Å²) in [5, 5.41) is 4.24. The Morgan fingerprint density at radius 1 is 1.50 bits per heavy atom. The first-order chi connectivity index (χ1) is 10.6. The molecule has 3 heterocycles. The molecular weight excluding hydrogens is 278 g/mol. The summed E-state index contributed by atoms with van der Waals surface area (Å²) in [5.74, 6) is 0.111. The van der Waals surface area contributed by atoms with Crippen LogP contribution in [0.1, 0.15) is 22.3 Å². The van der Waals surface area contributed by atoms with Crippen molar-refractivity contribution in [3.8, 4) is 0 Å². The van der Waals surface area contributed by atoms with Gasteiger partial charge in [0.1, 0.15) is 0 Å². The third-order valence-electron chi connectivity index (χ3n) is 4.48. The van der Waals surface area contributed by atoms with E-state index in [0.717, 1.165) is 24.9 Å². The second-order valence-electron chi connectivity index (χ2n) is 6.21. The van der Waals surface area contributed by atoms with Gasteiger partial charge in [-0.3, -0.25) is 9.48 Å². The molecule has 2 aromatic rings.